The van der Waals surface area contributed by atoms with Gasteiger partial charge in [0, 0.05) is 6.04 Å². The highest BCUT2D eigenvalue weighted by molar-refractivity contribution is 4.84. The molecule has 12 heavy (non-hydrogen) atoms. The van der Waals surface area contributed by atoms with Crippen LogP contribution in [0.2, 0.25) is 0 Å². The number of rotatable bonds is 4. The van der Waals surface area contributed by atoms with Crippen molar-refractivity contribution < 1.29 is 0 Å². The Hall–Kier alpha value is -0.0400. The minimum atomic E-state index is 0.343. The Balaban J connectivity index is 2.30. The van der Waals surface area contributed by atoms with Gasteiger partial charge < -0.3 is 5.73 Å². The molecule has 0 amide bonds. The molecule has 0 bridgehead atoms. The Kier molecular flexibility index (Phi) is 3.16. The van der Waals surface area contributed by atoms with Gasteiger partial charge >= 0.3 is 0 Å². The second-order valence-corrected chi connectivity index (χ2v) is 4.98. The number of nitrogens with two attached hydrogens (primary N) is 1. The van der Waals surface area contributed by atoms with Crippen molar-refractivity contribution in [2.75, 3.05) is 0 Å². The molecule has 1 unspecified atom stereocenters. The van der Waals surface area contributed by atoms with Gasteiger partial charge in [-0.15, -0.1) is 0 Å². The fourth-order valence-electron chi connectivity index (χ4n) is 1.67. The topological polar surface area (TPSA) is 26.0 Å². The van der Waals surface area contributed by atoms with Crippen molar-refractivity contribution in [1.29, 1.82) is 0 Å². The van der Waals surface area contributed by atoms with E-state index in [4.69, 9.17) is 5.73 Å². The maximum atomic E-state index is 6.17. The summed E-state index contributed by atoms with van der Waals surface area (Å²) in [5, 5.41) is 0. The molecule has 1 nitrogen and oxygen atoms in total. The van der Waals surface area contributed by atoms with Gasteiger partial charge in [-0.2, -0.15) is 0 Å². The van der Waals surface area contributed by atoms with Gasteiger partial charge in [-0.05, 0) is 24.2 Å². The molecule has 1 fully saturated rings. The first kappa shape index (κ1) is 10.0. The lowest BCUT2D eigenvalue weighted by atomic mass is 9.73. The molecular formula is C11H23N. The van der Waals surface area contributed by atoms with E-state index in [0.29, 0.717) is 11.5 Å². The molecule has 1 aliphatic rings. The van der Waals surface area contributed by atoms with Crippen molar-refractivity contribution in [3.05, 3.63) is 0 Å². The van der Waals surface area contributed by atoms with Crippen molar-refractivity contribution in [3.63, 3.8) is 0 Å². The van der Waals surface area contributed by atoms with Gasteiger partial charge in [-0.1, -0.05) is 40.0 Å². The van der Waals surface area contributed by atoms with E-state index in [0.717, 1.165) is 5.92 Å². The zero-order valence-corrected chi connectivity index (χ0v) is 8.77. The normalized spacial score (nSPS) is 22.0. The van der Waals surface area contributed by atoms with Gasteiger partial charge in [0.2, 0.25) is 0 Å². The van der Waals surface area contributed by atoms with Gasteiger partial charge in [0.05, 0.1) is 0 Å². The summed E-state index contributed by atoms with van der Waals surface area (Å²) in [6, 6.07) is 0.410. The minimum absolute atomic E-state index is 0.343. The summed E-state index contributed by atoms with van der Waals surface area (Å²) >= 11 is 0. The monoisotopic (exact) mass is 169 g/mol. The van der Waals surface area contributed by atoms with Crippen LogP contribution >= 0.6 is 0 Å². The van der Waals surface area contributed by atoms with Gasteiger partial charge in [0.25, 0.3) is 0 Å². The van der Waals surface area contributed by atoms with Crippen LogP contribution in [0.3, 0.4) is 0 Å². The second-order valence-electron chi connectivity index (χ2n) is 4.98. The lowest BCUT2D eigenvalue weighted by Crippen LogP contribution is -2.39. The molecule has 0 heterocycles. The van der Waals surface area contributed by atoms with Gasteiger partial charge in [0.1, 0.15) is 0 Å². The second kappa shape index (κ2) is 3.78. The molecule has 72 valence electrons. The van der Waals surface area contributed by atoms with Crippen molar-refractivity contribution in [3.8, 4) is 0 Å². The molecular weight excluding hydrogens is 146 g/mol. The number of hydrogen-bond acceptors (Lipinski definition) is 1. The molecule has 1 atom stereocenters. The average molecular weight is 169 g/mol. The molecule has 0 aromatic rings. The van der Waals surface area contributed by atoms with Gasteiger partial charge in [-0.25, -0.2) is 0 Å². The van der Waals surface area contributed by atoms with Crippen LogP contribution in [0.5, 0.6) is 0 Å². The molecule has 0 spiro atoms. The largest absolute Gasteiger partial charge is 0.327 e. The standard InChI is InChI=1S/C11H23N/c1-4-11(2,3)10(12)8-9-6-5-7-9/h9-10H,4-8,12H2,1-3H3. The van der Waals surface area contributed by atoms with E-state index < -0.39 is 0 Å². The van der Waals surface area contributed by atoms with E-state index in [1.165, 1.54) is 32.1 Å². The zero-order valence-electron chi connectivity index (χ0n) is 8.77. The molecule has 0 radical (unpaired) electrons. The first-order chi connectivity index (χ1) is 5.56. The highest BCUT2D eigenvalue weighted by Crippen LogP contribution is 2.35. The van der Waals surface area contributed by atoms with Crippen LogP contribution in [-0.4, -0.2) is 6.04 Å². The fourth-order valence-corrected chi connectivity index (χ4v) is 1.67. The zero-order chi connectivity index (χ0) is 9.19. The van der Waals surface area contributed by atoms with Crippen molar-refractivity contribution in [2.24, 2.45) is 17.1 Å². The van der Waals surface area contributed by atoms with Crippen LogP contribution in [-0.2, 0) is 0 Å². The fraction of sp³-hybridized carbons (Fsp3) is 1.00. The van der Waals surface area contributed by atoms with Crippen molar-refractivity contribution >= 4 is 0 Å². The van der Waals surface area contributed by atoms with Gasteiger partial charge in [-0.3, -0.25) is 0 Å². The van der Waals surface area contributed by atoms with Crippen LogP contribution < -0.4 is 5.73 Å². The average Bonchev–Trinajstić information content (AvgIpc) is 1.96. The minimum Gasteiger partial charge on any atom is -0.327 e. The maximum Gasteiger partial charge on any atom is 0.00928 e. The molecule has 2 N–H and O–H groups in total. The Morgan fingerprint density at radius 3 is 2.33 bits per heavy atom. The summed E-state index contributed by atoms with van der Waals surface area (Å²) < 4.78 is 0. The van der Waals surface area contributed by atoms with E-state index >= 15 is 0 Å². The van der Waals surface area contributed by atoms with Crippen molar-refractivity contribution in [1.82, 2.24) is 0 Å². The molecule has 0 aromatic carbocycles. The summed E-state index contributed by atoms with van der Waals surface area (Å²) in [5.41, 5.74) is 6.52. The summed E-state index contributed by atoms with van der Waals surface area (Å²) in [4.78, 5) is 0. The van der Waals surface area contributed by atoms with E-state index in [2.05, 4.69) is 20.8 Å². The predicted octanol–water partition coefficient (Wildman–Crippen LogP) is 2.94. The lowest BCUT2D eigenvalue weighted by Gasteiger charge is -2.36. The third-order valence-electron chi connectivity index (χ3n) is 3.73. The predicted molar refractivity (Wildman–Crippen MR) is 54.0 cm³/mol. The summed E-state index contributed by atoms with van der Waals surface area (Å²) in [7, 11) is 0. The summed E-state index contributed by atoms with van der Waals surface area (Å²) in [5.74, 6) is 0.950. The third-order valence-corrected chi connectivity index (χ3v) is 3.73. The lowest BCUT2D eigenvalue weighted by molar-refractivity contribution is 0.193. The Morgan fingerprint density at radius 2 is 2.00 bits per heavy atom. The number of hydrogen-bond donors (Lipinski definition) is 1. The van der Waals surface area contributed by atoms with E-state index in [1.54, 1.807) is 0 Å². The SMILES string of the molecule is CCC(C)(C)C(N)CC1CCC1. The van der Waals surface area contributed by atoms with E-state index in [1.807, 2.05) is 0 Å². The van der Waals surface area contributed by atoms with E-state index in [-0.39, 0.29) is 0 Å². The van der Waals surface area contributed by atoms with Crippen LogP contribution in [0.15, 0.2) is 0 Å². The van der Waals surface area contributed by atoms with Crippen LogP contribution in [0.4, 0.5) is 0 Å². The first-order valence-corrected chi connectivity index (χ1v) is 5.32. The summed E-state index contributed by atoms with van der Waals surface area (Å²) in [6.07, 6.45) is 6.73. The Bertz CT molecular complexity index is 136. The highest BCUT2D eigenvalue weighted by Gasteiger charge is 2.28. The maximum absolute atomic E-state index is 6.17. The molecule has 0 saturated heterocycles. The molecule has 0 aliphatic heterocycles. The molecule has 1 rings (SSSR count). The first-order valence-electron chi connectivity index (χ1n) is 5.32. The molecule has 1 aliphatic carbocycles. The molecule has 1 heteroatoms. The smallest absolute Gasteiger partial charge is 0.00928 e. The van der Waals surface area contributed by atoms with Crippen LogP contribution in [0.25, 0.3) is 0 Å². The van der Waals surface area contributed by atoms with Gasteiger partial charge in [0.15, 0.2) is 0 Å². The molecule has 0 aromatic heterocycles. The Labute approximate surface area is 76.7 Å². The Morgan fingerprint density at radius 1 is 1.42 bits per heavy atom. The summed E-state index contributed by atoms with van der Waals surface area (Å²) in [6.45, 7) is 6.81. The highest BCUT2D eigenvalue weighted by atomic mass is 14.7. The van der Waals surface area contributed by atoms with Crippen LogP contribution in [0.1, 0.15) is 52.9 Å². The molecule has 1 saturated carbocycles. The van der Waals surface area contributed by atoms with Crippen LogP contribution in [0, 0.1) is 11.3 Å². The van der Waals surface area contributed by atoms with E-state index in [9.17, 15) is 0 Å². The van der Waals surface area contributed by atoms with Crippen molar-refractivity contribution in [2.45, 2.75) is 58.9 Å². The quantitative estimate of drug-likeness (QED) is 0.688. The third kappa shape index (κ3) is 2.22.